The zero-order chi connectivity index (χ0) is 15.4. The van der Waals surface area contributed by atoms with Gasteiger partial charge >= 0.3 is 5.97 Å². The van der Waals surface area contributed by atoms with Crippen LogP contribution in [0.15, 0.2) is 35.2 Å². The third kappa shape index (κ3) is 4.27. The molecule has 0 aliphatic carbocycles. The third-order valence-electron chi connectivity index (χ3n) is 2.68. The van der Waals surface area contributed by atoms with Gasteiger partial charge in [0.1, 0.15) is 0 Å². The molecule has 110 valence electrons. The van der Waals surface area contributed by atoms with Gasteiger partial charge in [0, 0.05) is 27.3 Å². The number of nitrogens with one attached hydrogen (secondary N) is 1. The maximum Gasteiger partial charge on any atom is 0.356 e. The number of rotatable bonds is 5. The van der Waals surface area contributed by atoms with Gasteiger partial charge in [0.25, 0.3) is 5.91 Å². The van der Waals surface area contributed by atoms with E-state index in [1.807, 2.05) is 12.1 Å². The van der Waals surface area contributed by atoms with Crippen molar-refractivity contribution in [3.63, 3.8) is 0 Å². The summed E-state index contributed by atoms with van der Waals surface area (Å²) in [4.78, 5) is 26.5. The van der Waals surface area contributed by atoms with Gasteiger partial charge in [-0.1, -0.05) is 15.9 Å². The van der Waals surface area contributed by atoms with E-state index in [2.05, 4.69) is 48.8 Å². The molecule has 0 saturated carbocycles. The van der Waals surface area contributed by atoms with Gasteiger partial charge in [-0.3, -0.25) is 4.79 Å². The minimum Gasteiger partial charge on any atom is -0.476 e. The van der Waals surface area contributed by atoms with Crippen LogP contribution in [0.1, 0.15) is 20.8 Å². The second kappa shape index (κ2) is 7.03. The quantitative estimate of drug-likeness (QED) is 0.667. The van der Waals surface area contributed by atoms with E-state index in [1.165, 1.54) is 12.5 Å². The van der Waals surface area contributed by atoms with Crippen LogP contribution in [0.2, 0.25) is 0 Å². The van der Waals surface area contributed by atoms with Crippen LogP contribution in [-0.4, -0.2) is 33.1 Å². The molecule has 8 heteroatoms. The highest BCUT2D eigenvalue weighted by Gasteiger charge is 2.10. The summed E-state index contributed by atoms with van der Waals surface area (Å²) in [5.41, 5.74) is 0.588. The molecule has 0 saturated heterocycles. The summed E-state index contributed by atoms with van der Waals surface area (Å²) in [6.07, 6.45) is 2.86. The maximum atomic E-state index is 12.1. The number of carbonyl (C=O) groups is 2. The normalized spacial score (nSPS) is 10.4. The van der Waals surface area contributed by atoms with Crippen molar-refractivity contribution in [3.05, 3.63) is 50.0 Å². The Morgan fingerprint density at radius 1 is 1.43 bits per heavy atom. The van der Waals surface area contributed by atoms with Crippen LogP contribution in [0.3, 0.4) is 0 Å². The lowest BCUT2D eigenvalue weighted by Gasteiger charge is -2.07. The lowest BCUT2D eigenvalue weighted by atomic mass is 10.2. The van der Waals surface area contributed by atoms with E-state index in [-0.39, 0.29) is 11.6 Å². The van der Waals surface area contributed by atoms with Gasteiger partial charge in [-0.25, -0.2) is 9.78 Å². The monoisotopic (exact) mass is 463 g/mol. The minimum absolute atomic E-state index is 0.0112. The molecular weight excluding hydrogens is 453 g/mol. The number of hydrogen-bond donors (Lipinski definition) is 2. The van der Waals surface area contributed by atoms with E-state index >= 15 is 0 Å². The van der Waals surface area contributed by atoms with Crippen LogP contribution in [0.4, 0.5) is 0 Å². The van der Waals surface area contributed by atoms with Crippen molar-refractivity contribution in [1.29, 1.82) is 0 Å². The van der Waals surface area contributed by atoms with Gasteiger partial charge in [-0.05, 0) is 40.8 Å². The smallest absolute Gasteiger partial charge is 0.356 e. The predicted octanol–water partition coefficient (Wildman–Crippen LogP) is 2.38. The maximum absolute atomic E-state index is 12.1. The molecule has 6 nitrogen and oxygen atoms in total. The second-order valence-corrected chi connectivity index (χ2v) is 6.26. The number of aromatic carboxylic acids is 1. The number of imidazole rings is 1. The molecule has 2 aromatic rings. The number of hydrogen-bond acceptors (Lipinski definition) is 3. The topological polar surface area (TPSA) is 84.2 Å². The van der Waals surface area contributed by atoms with Crippen molar-refractivity contribution in [3.8, 4) is 0 Å². The van der Waals surface area contributed by atoms with E-state index < -0.39 is 5.97 Å². The van der Waals surface area contributed by atoms with Gasteiger partial charge in [0.15, 0.2) is 5.69 Å². The summed E-state index contributed by atoms with van der Waals surface area (Å²) < 4.78 is 3.33. The van der Waals surface area contributed by atoms with E-state index in [0.717, 1.165) is 8.04 Å². The lowest BCUT2D eigenvalue weighted by Crippen LogP contribution is -2.27. The van der Waals surface area contributed by atoms with Gasteiger partial charge in [-0.2, -0.15) is 0 Å². The second-order valence-electron chi connectivity index (χ2n) is 4.18. The fraction of sp³-hybridized carbons (Fsp3) is 0.154. The first-order valence-corrected chi connectivity index (χ1v) is 7.83. The van der Waals surface area contributed by atoms with Crippen LogP contribution < -0.4 is 5.32 Å². The number of carboxylic acid groups (broad SMARTS) is 1. The van der Waals surface area contributed by atoms with Crippen molar-refractivity contribution in [2.75, 3.05) is 6.54 Å². The molecule has 0 atom stereocenters. The summed E-state index contributed by atoms with van der Waals surface area (Å²) >= 11 is 5.44. The minimum atomic E-state index is -1.07. The van der Waals surface area contributed by atoms with E-state index in [0.29, 0.717) is 18.7 Å². The number of nitrogens with zero attached hydrogens (tertiary/aromatic N) is 2. The Balaban J connectivity index is 1.92. The highest BCUT2D eigenvalue weighted by Crippen LogP contribution is 2.18. The molecule has 1 heterocycles. The van der Waals surface area contributed by atoms with Crippen LogP contribution in [0.25, 0.3) is 0 Å². The molecule has 1 amide bonds. The lowest BCUT2D eigenvalue weighted by molar-refractivity contribution is 0.0690. The number of carbonyl (C=O) groups excluding carboxylic acids is 1. The van der Waals surface area contributed by atoms with Crippen LogP contribution in [0.5, 0.6) is 0 Å². The molecule has 1 aromatic carbocycles. The van der Waals surface area contributed by atoms with Crippen LogP contribution in [-0.2, 0) is 6.54 Å². The van der Waals surface area contributed by atoms with Gasteiger partial charge < -0.3 is 15.0 Å². The molecule has 0 radical (unpaired) electrons. The SMILES string of the molecule is O=C(O)c1cn(CCNC(=O)c2cc(Br)ccc2I)cn1. The highest BCUT2D eigenvalue weighted by molar-refractivity contribution is 14.1. The average molecular weight is 464 g/mol. The summed E-state index contributed by atoms with van der Waals surface area (Å²) in [7, 11) is 0. The number of benzene rings is 1. The van der Waals surface area contributed by atoms with Crippen molar-refractivity contribution < 1.29 is 14.7 Å². The molecule has 2 N–H and O–H groups in total. The molecule has 0 spiro atoms. The number of aromatic nitrogens is 2. The first-order valence-electron chi connectivity index (χ1n) is 5.95. The summed E-state index contributed by atoms with van der Waals surface area (Å²) in [6.45, 7) is 0.841. The van der Waals surface area contributed by atoms with Gasteiger partial charge in [0.2, 0.25) is 0 Å². The van der Waals surface area contributed by atoms with Crippen LogP contribution >= 0.6 is 38.5 Å². The largest absolute Gasteiger partial charge is 0.476 e. The number of amides is 1. The van der Waals surface area contributed by atoms with Crippen LogP contribution in [0, 0.1) is 3.57 Å². The highest BCUT2D eigenvalue weighted by atomic mass is 127. The Kier molecular flexibility index (Phi) is 5.34. The van der Waals surface area contributed by atoms with Crippen molar-refractivity contribution >= 4 is 50.4 Å². The number of carboxylic acids is 1. The summed E-state index contributed by atoms with van der Waals surface area (Å²) in [5, 5.41) is 11.6. The molecule has 2 rings (SSSR count). The summed E-state index contributed by atoms with van der Waals surface area (Å²) in [5.74, 6) is -1.24. The zero-order valence-electron chi connectivity index (χ0n) is 10.7. The van der Waals surface area contributed by atoms with Crippen molar-refractivity contribution in [1.82, 2.24) is 14.9 Å². The zero-order valence-corrected chi connectivity index (χ0v) is 14.5. The molecule has 0 fully saturated rings. The fourth-order valence-corrected chi connectivity index (χ4v) is 2.60. The Labute approximate surface area is 142 Å². The molecule has 1 aromatic heterocycles. The van der Waals surface area contributed by atoms with Crippen molar-refractivity contribution in [2.45, 2.75) is 6.54 Å². The molecule has 0 unspecified atom stereocenters. The van der Waals surface area contributed by atoms with E-state index in [4.69, 9.17) is 5.11 Å². The molecule has 0 aliphatic rings. The molecule has 0 bridgehead atoms. The van der Waals surface area contributed by atoms with Gasteiger partial charge in [-0.15, -0.1) is 0 Å². The molecule has 0 aliphatic heterocycles. The van der Waals surface area contributed by atoms with Gasteiger partial charge in [0.05, 0.1) is 11.9 Å². The average Bonchev–Trinajstić information content (AvgIpc) is 2.90. The summed E-state index contributed by atoms with van der Waals surface area (Å²) in [6, 6.07) is 5.49. The van der Waals surface area contributed by atoms with E-state index in [9.17, 15) is 9.59 Å². The Morgan fingerprint density at radius 2 is 2.19 bits per heavy atom. The Hall–Kier alpha value is -1.42. The fourth-order valence-electron chi connectivity index (χ4n) is 1.66. The standard InChI is InChI=1S/C13H11BrIN3O3/c14-8-1-2-10(15)9(5-8)12(19)16-3-4-18-6-11(13(20)21)17-7-18/h1-2,5-7H,3-4H2,(H,16,19)(H,20,21). The van der Waals surface area contributed by atoms with Crippen molar-refractivity contribution in [2.24, 2.45) is 0 Å². The first-order chi connectivity index (χ1) is 9.97. The predicted molar refractivity (Wildman–Crippen MR) is 88.4 cm³/mol. The third-order valence-corrected chi connectivity index (χ3v) is 4.11. The molecule has 21 heavy (non-hydrogen) atoms. The van der Waals surface area contributed by atoms with E-state index in [1.54, 1.807) is 10.6 Å². The molecular formula is C13H11BrIN3O3. The Bertz CT molecular complexity index is 687. The number of halogens is 2. The Morgan fingerprint density at radius 3 is 2.86 bits per heavy atom. The first kappa shape index (κ1) is 16.0.